The Bertz CT molecular complexity index is 1170. The molecule has 2 aromatic carbocycles. The van der Waals surface area contributed by atoms with Crippen molar-refractivity contribution in [2.45, 2.75) is 24.5 Å². The summed E-state index contributed by atoms with van der Waals surface area (Å²) < 4.78 is 1.91. The van der Waals surface area contributed by atoms with Gasteiger partial charge in [-0.15, -0.1) is 10.2 Å². The summed E-state index contributed by atoms with van der Waals surface area (Å²) in [5.74, 6) is 0.519. The van der Waals surface area contributed by atoms with Crippen LogP contribution in [0.15, 0.2) is 53.7 Å². The van der Waals surface area contributed by atoms with Gasteiger partial charge < -0.3 is 4.90 Å². The zero-order valence-electron chi connectivity index (χ0n) is 17.6. The van der Waals surface area contributed by atoms with Gasteiger partial charge >= 0.3 is 0 Å². The van der Waals surface area contributed by atoms with E-state index in [1.54, 1.807) is 18.2 Å². The summed E-state index contributed by atoms with van der Waals surface area (Å²) in [6.45, 7) is 1.07. The number of carbonyl (C=O) groups excluding carboxylic acids is 1. The average Bonchev–Trinajstić information content (AvgIpc) is 3.20. The highest BCUT2D eigenvalue weighted by Gasteiger charge is 2.20. The summed E-state index contributed by atoms with van der Waals surface area (Å²) in [6, 6.07) is 19.1. The second-order valence-corrected chi connectivity index (χ2v) is 8.77. The van der Waals surface area contributed by atoms with Crippen LogP contribution in [0.5, 0.6) is 0 Å². The Morgan fingerprint density at radius 1 is 1.03 bits per heavy atom. The molecular formula is C23H20Cl2N6OS. The molecule has 0 aliphatic carbocycles. The molecule has 0 unspecified atom stereocenters. The Balaban J connectivity index is 1.86. The van der Waals surface area contributed by atoms with Crippen molar-refractivity contribution in [2.24, 2.45) is 0 Å². The lowest BCUT2D eigenvalue weighted by Crippen LogP contribution is -2.34. The van der Waals surface area contributed by atoms with E-state index in [0.29, 0.717) is 46.2 Å². The van der Waals surface area contributed by atoms with Gasteiger partial charge in [0.05, 0.1) is 42.3 Å². The maximum Gasteiger partial charge on any atom is 0.233 e. The largest absolute Gasteiger partial charge is 0.340 e. The molecule has 0 saturated carbocycles. The van der Waals surface area contributed by atoms with Crippen molar-refractivity contribution in [1.82, 2.24) is 19.7 Å². The van der Waals surface area contributed by atoms with Crippen molar-refractivity contribution in [1.29, 1.82) is 10.5 Å². The van der Waals surface area contributed by atoms with Gasteiger partial charge in [0.1, 0.15) is 0 Å². The fraction of sp³-hybridized carbons (Fsp3) is 0.261. The Hall–Kier alpha value is -3.04. The molecule has 33 heavy (non-hydrogen) atoms. The quantitative estimate of drug-likeness (QED) is 0.362. The van der Waals surface area contributed by atoms with Crippen LogP contribution in [0.1, 0.15) is 18.4 Å². The van der Waals surface area contributed by atoms with E-state index in [9.17, 15) is 4.79 Å². The first kappa shape index (κ1) is 24.6. The molecule has 0 atom stereocenters. The number of thioether (sulfide) groups is 1. The monoisotopic (exact) mass is 498 g/mol. The van der Waals surface area contributed by atoms with Crippen LogP contribution in [-0.4, -0.2) is 44.4 Å². The molecule has 10 heteroatoms. The van der Waals surface area contributed by atoms with Gasteiger partial charge in [0.2, 0.25) is 5.91 Å². The van der Waals surface area contributed by atoms with Crippen LogP contribution < -0.4 is 0 Å². The fourth-order valence-corrected chi connectivity index (χ4v) is 4.46. The summed E-state index contributed by atoms with van der Waals surface area (Å²) >= 11 is 13.7. The number of hydrogen-bond acceptors (Lipinski definition) is 6. The molecule has 1 amide bonds. The van der Waals surface area contributed by atoms with Gasteiger partial charge in [0.15, 0.2) is 11.0 Å². The van der Waals surface area contributed by atoms with Gasteiger partial charge in [-0.3, -0.25) is 9.36 Å². The summed E-state index contributed by atoms with van der Waals surface area (Å²) in [4.78, 5) is 14.3. The smallest absolute Gasteiger partial charge is 0.233 e. The molecule has 168 valence electrons. The predicted molar refractivity (Wildman–Crippen MR) is 129 cm³/mol. The number of halogens is 2. The molecule has 1 aromatic heterocycles. The van der Waals surface area contributed by atoms with E-state index in [4.69, 9.17) is 33.7 Å². The Morgan fingerprint density at radius 3 is 2.36 bits per heavy atom. The maximum atomic E-state index is 12.8. The van der Waals surface area contributed by atoms with Crippen molar-refractivity contribution in [3.05, 3.63) is 64.1 Å². The van der Waals surface area contributed by atoms with Crippen molar-refractivity contribution < 1.29 is 4.79 Å². The third-order valence-electron chi connectivity index (χ3n) is 4.74. The van der Waals surface area contributed by atoms with Crippen LogP contribution in [0, 0.1) is 22.7 Å². The minimum absolute atomic E-state index is 0.109. The molecule has 0 aliphatic heterocycles. The van der Waals surface area contributed by atoms with Gasteiger partial charge in [-0.05, 0) is 23.8 Å². The first-order valence-electron chi connectivity index (χ1n) is 10.1. The van der Waals surface area contributed by atoms with Gasteiger partial charge in [-0.2, -0.15) is 10.5 Å². The molecule has 0 fully saturated rings. The second-order valence-electron chi connectivity index (χ2n) is 6.99. The van der Waals surface area contributed by atoms with Gasteiger partial charge in [0.25, 0.3) is 0 Å². The lowest BCUT2D eigenvalue weighted by Gasteiger charge is -2.20. The van der Waals surface area contributed by atoms with E-state index in [0.717, 1.165) is 5.56 Å². The minimum atomic E-state index is -0.161. The summed E-state index contributed by atoms with van der Waals surface area (Å²) in [5.41, 5.74) is 1.73. The van der Waals surface area contributed by atoms with Crippen LogP contribution in [0.25, 0.3) is 11.4 Å². The highest BCUT2D eigenvalue weighted by Crippen LogP contribution is 2.32. The highest BCUT2D eigenvalue weighted by atomic mass is 35.5. The minimum Gasteiger partial charge on any atom is -0.340 e. The first-order valence-corrected chi connectivity index (χ1v) is 11.8. The van der Waals surface area contributed by atoms with E-state index in [1.165, 1.54) is 16.7 Å². The summed E-state index contributed by atoms with van der Waals surface area (Å²) in [5, 5.41) is 27.9. The number of hydrogen-bond donors (Lipinski definition) is 0. The number of nitriles is 2. The number of benzene rings is 2. The molecule has 1 heterocycles. The highest BCUT2D eigenvalue weighted by molar-refractivity contribution is 7.99. The average molecular weight is 499 g/mol. The molecule has 0 bridgehead atoms. The standard InChI is InChI=1S/C23H20Cl2N6OS/c24-18-8-9-19(20(25)14-18)22-28-29-23(31(22)15-17-6-2-1-3-7-17)33-16-21(32)30(12-4-10-26)13-5-11-27/h1-3,6-9,14H,4-5,12-13,15-16H2. The zero-order chi connectivity index (χ0) is 23.6. The Kier molecular flexibility index (Phi) is 9.14. The molecule has 3 aromatic rings. The lowest BCUT2D eigenvalue weighted by molar-refractivity contribution is -0.128. The number of aromatic nitrogens is 3. The topological polar surface area (TPSA) is 98.6 Å². The molecule has 0 saturated heterocycles. The van der Waals surface area contributed by atoms with Gasteiger partial charge in [-0.25, -0.2) is 0 Å². The zero-order valence-corrected chi connectivity index (χ0v) is 19.9. The van der Waals surface area contributed by atoms with E-state index < -0.39 is 0 Å². The number of nitrogens with zero attached hydrogens (tertiary/aromatic N) is 6. The Labute approximate surface area is 206 Å². The molecule has 0 radical (unpaired) electrons. The van der Waals surface area contributed by atoms with Crippen LogP contribution in [0.3, 0.4) is 0 Å². The van der Waals surface area contributed by atoms with Crippen molar-refractivity contribution in [2.75, 3.05) is 18.8 Å². The van der Waals surface area contributed by atoms with E-state index in [-0.39, 0.29) is 24.5 Å². The number of rotatable bonds is 10. The first-order chi connectivity index (χ1) is 16.0. The van der Waals surface area contributed by atoms with Gasteiger partial charge in [-0.1, -0.05) is 65.3 Å². The van der Waals surface area contributed by atoms with Crippen LogP contribution >= 0.6 is 35.0 Å². The van der Waals surface area contributed by atoms with Crippen LogP contribution in [0.2, 0.25) is 10.0 Å². The Morgan fingerprint density at radius 2 is 1.73 bits per heavy atom. The van der Waals surface area contributed by atoms with Crippen LogP contribution in [0.4, 0.5) is 0 Å². The third kappa shape index (κ3) is 6.72. The second kappa shape index (κ2) is 12.3. The van der Waals surface area contributed by atoms with Gasteiger partial charge in [0, 0.05) is 23.7 Å². The molecule has 3 rings (SSSR count). The van der Waals surface area contributed by atoms with Crippen molar-refractivity contribution >= 4 is 40.9 Å². The molecular weight excluding hydrogens is 479 g/mol. The van der Waals surface area contributed by atoms with E-state index in [1.807, 2.05) is 47.0 Å². The predicted octanol–water partition coefficient (Wildman–Crippen LogP) is 5.05. The molecule has 0 N–H and O–H groups in total. The molecule has 0 spiro atoms. The van der Waals surface area contributed by atoms with Crippen LogP contribution in [-0.2, 0) is 11.3 Å². The summed E-state index contributed by atoms with van der Waals surface area (Å²) in [7, 11) is 0. The SMILES string of the molecule is N#CCCN(CCC#N)C(=O)CSc1nnc(-c2ccc(Cl)cc2Cl)n1Cc1ccccc1. The molecule has 7 nitrogen and oxygen atoms in total. The van der Waals surface area contributed by atoms with E-state index in [2.05, 4.69) is 10.2 Å². The number of amides is 1. The normalized spacial score (nSPS) is 10.4. The fourth-order valence-electron chi connectivity index (χ4n) is 3.12. The summed E-state index contributed by atoms with van der Waals surface area (Å²) in [6.07, 6.45) is 0.427. The lowest BCUT2D eigenvalue weighted by atomic mass is 10.2. The van der Waals surface area contributed by atoms with Crippen molar-refractivity contribution in [3.63, 3.8) is 0 Å². The number of carbonyl (C=O) groups is 1. The van der Waals surface area contributed by atoms with E-state index >= 15 is 0 Å². The molecule has 0 aliphatic rings. The maximum absolute atomic E-state index is 12.8. The van der Waals surface area contributed by atoms with Crippen molar-refractivity contribution in [3.8, 4) is 23.5 Å². The third-order valence-corrected chi connectivity index (χ3v) is 6.24.